The molecule has 24 heavy (non-hydrogen) atoms. The normalized spacial score (nSPS) is 22.2. The van der Waals surface area contributed by atoms with Crippen molar-refractivity contribution in [2.45, 2.75) is 31.8 Å². The highest BCUT2D eigenvalue weighted by molar-refractivity contribution is 5.99. The molecule has 2 aliphatic heterocycles. The summed E-state index contributed by atoms with van der Waals surface area (Å²) in [6.07, 6.45) is 1.89. The Morgan fingerprint density at radius 2 is 1.96 bits per heavy atom. The fraction of sp³-hybridized carbons (Fsp3) is 0.278. The van der Waals surface area contributed by atoms with Crippen molar-refractivity contribution >= 4 is 11.9 Å². The molecule has 3 heterocycles. The number of carbonyl (C=O) groups excluding carboxylic acids is 2. The molecule has 0 spiro atoms. The molecule has 2 N–H and O–H groups in total. The van der Waals surface area contributed by atoms with Gasteiger partial charge in [0.15, 0.2) is 0 Å². The van der Waals surface area contributed by atoms with Crippen LogP contribution in [-0.4, -0.2) is 27.7 Å². The lowest BCUT2D eigenvalue weighted by molar-refractivity contribution is -0.144. The molecule has 1 amide bonds. The number of aromatic amines is 1. The molecule has 2 aromatic rings. The average Bonchev–Trinajstić information content (AvgIpc) is 3.11. The van der Waals surface area contributed by atoms with Crippen LogP contribution in [0.3, 0.4) is 0 Å². The standard InChI is InChI=1S/C18H17N3O3/c1-18(2)16-14(17(23)24-18)11(8-13(22)20-16)12-9-19-21-15(12)10-6-4-3-5-7-10/h3-7,9,11H,8H2,1-2H3,(H,19,21)(H,20,22). The number of carbonyl (C=O) groups is 2. The Kier molecular flexibility index (Phi) is 3.09. The first-order valence-electron chi connectivity index (χ1n) is 7.84. The van der Waals surface area contributed by atoms with Crippen molar-refractivity contribution in [2.75, 3.05) is 0 Å². The maximum Gasteiger partial charge on any atom is 0.337 e. The quantitative estimate of drug-likeness (QED) is 0.830. The number of hydrogen-bond acceptors (Lipinski definition) is 4. The molecule has 4 rings (SSSR count). The van der Waals surface area contributed by atoms with Crippen molar-refractivity contribution in [2.24, 2.45) is 0 Å². The Labute approximate surface area is 138 Å². The SMILES string of the molecule is CC1(C)OC(=O)C2=C1NC(=O)CC2c1cn[nH]c1-c1ccccc1. The number of cyclic esters (lactones) is 1. The summed E-state index contributed by atoms with van der Waals surface area (Å²) in [5, 5.41) is 9.95. The number of H-pyrrole nitrogens is 1. The zero-order valence-electron chi connectivity index (χ0n) is 13.4. The van der Waals surface area contributed by atoms with Crippen LogP contribution in [0, 0.1) is 0 Å². The first-order valence-corrected chi connectivity index (χ1v) is 7.84. The maximum absolute atomic E-state index is 12.4. The van der Waals surface area contributed by atoms with Crippen molar-refractivity contribution in [3.05, 3.63) is 53.4 Å². The lowest BCUT2D eigenvalue weighted by Gasteiger charge is -2.26. The number of benzene rings is 1. The number of esters is 1. The lowest BCUT2D eigenvalue weighted by atomic mass is 9.82. The molecule has 0 radical (unpaired) electrons. The molecule has 6 heteroatoms. The van der Waals surface area contributed by atoms with Crippen LogP contribution >= 0.6 is 0 Å². The monoisotopic (exact) mass is 323 g/mol. The summed E-state index contributed by atoms with van der Waals surface area (Å²) < 4.78 is 5.46. The number of ether oxygens (including phenoxy) is 1. The van der Waals surface area contributed by atoms with Crippen molar-refractivity contribution in [1.29, 1.82) is 0 Å². The van der Waals surface area contributed by atoms with Crippen LogP contribution in [0.25, 0.3) is 11.3 Å². The zero-order valence-corrected chi connectivity index (χ0v) is 13.4. The van der Waals surface area contributed by atoms with Gasteiger partial charge >= 0.3 is 5.97 Å². The topological polar surface area (TPSA) is 84.1 Å². The first-order chi connectivity index (χ1) is 11.5. The second kappa shape index (κ2) is 5.06. The predicted molar refractivity (Wildman–Crippen MR) is 86.7 cm³/mol. The Balaban J connectivity index is 1.86. The smallest absolute Gasteiger partial charge is 0.337 e. The maximum atomic E-state index is 12.4. The van der Waals surface area contributed by atoms with Crippen LogP contribution in [0.5, 0.6) is 0 Å². The Morgan fingerprint density at radius 1 is 1.21 bits per heavy atom. The third kappa shape index (κ3) is 2.14. The fourth-order valence-corrected chi connectivity index (χ4v) is 3.44. The minimum absolute atomic E-state index is 0.120. The van der Waals surface area contributed by atoms with E-state index < -0.39 is 5.60 Å². The Morgan fingerprint density at radius 3 is 2.71 bits per heavy atom. The number of nitrogens with zero attached hydrogens (tertiary/aromatic N) is 1. The van der Waals surface area contributed by atoms with Crippen molar-refractivity contribution in [3.8, 4) is 11.3 Å². The molecule has 1 aromatic heterocycles. The van der Waals surface area contributed by atoms with Gasteiger partial charge in [0.25, 0.3) is 0 Å². The third-order valence-corrected chi connectivity index (χ3v) is 4.55. The summed E-state index contributed by atoms with van der Waals surface area (Å²) >= 11 is 0. The van der Waals surface area contributed by atoms with Gasteiger partial charge in [-0.25, -0.2) is 4.79 Å². The molecule has 122 valence electrons. The lowest BCUT2D eigenvalue weighted by Crippen LogP contribution is -2.38. The van der Waals surface area contributed by atoms with Gasteiger partial charge in [0, 0.05) is 17.9 Å². The number of amides is 1. The molecule has 0 bridgehead atoms. The Bertz CT molecular complexity index is 865. The molecule has 0 saturated heterocycles. The predicted octanol–water partition coefficient (Wildman–Crippen LogP) is 2.27. The van der Waals surface area contributed by atoms with E-state index in [0.717, 1.165) is 16.8 Å². The molecule has 2 aliphatic rings. The summed E-state index contributed by atoms with van der Waals surface area (Å²) in [6.45, 7) is 3.56. The minimum Gasteiger partial charge on any atom is -0.450 e. The van der Waals surface area contributed by atoms with Crippen LogP contribution in [0.15, 0.2) is 47.8 Å². The zero-order chi connectivity index (χ0) is 16.9. The second-order valence-corrected chi connectivity index (χ2v) is 6.56. The van der Waals surface area contributed by atoms with Gasteiger partial charge in [-0.2, -0.15) is 5.10 Å². The van der Waals surface area contributed by atoms with Crippen LogP contribution in [0.2, 0.25) is 0 Å². The van der Waals surface area contributed by atoms with Crippen LogP contribution in [0.4, 0.5) is 0 Å². The average molecular weight is 323 g/mol. The summed E-state index contributed by atoms with van der Waals surface area (Å²) in [5.41, 5.74) is 2.88. The summed E-state index contributed by atoms with van der Waals surface area (Å²) in [5.74, 6) is -0.859. The van der Waals surface area contributed by atoms with E-state index >= 15 is 0 Å². The van der Waals surface area contributed by atoms with E-state index in [4.69, 9.17) is 4.74 Å². The van der Waals surface area contributed by atoms with Gasteiger partial charge in [0.2, 0.25) is 5.91 Å². The van der Waals surface area contributed by atoms with Crippen LogP contribution < -0.4 is 5.32 Å². The minimum atomic E-state index is -0.822. The van der Waals surface area contributed by atoms with Gasteiger partial charge in [-0.15, -0.1) is 0 Å². The van der Waals surface area contributed by atoms with Crippen molar-refractivity contribution in [3.63, 3.8) is 0 Å². The van der Waals surface area contributed by atoms with Crippen LogP contribution in [0.1, 0.15) is 31.7 Å². The molecule has 1 aromatic carbocycles. The van der Waals surface area contributed by atoms with Gasteiger partial charge in [-0.05, 0) is 19.4 Å². The molecular weight excluding hydrogens is 306 g/mol. The van der Waals surface area contributed by atoms with E-state index in [2.05, 4.69) is 15.5 Å². The van der Waals surface area contributed by atoms with Gasteiger partial charge < -0.3 is 10.1 Å². The molecule has 0 saturated carbocycles. The fourth-order valence-electron chi connectivity index (χ4n) is 3.44. The summed E-state index contributed by atoms with van der Waals surface area (Å²) in [4.78, 5) is 24.6. The van der Waals surface area contributed by atoms with Crippen molar-refractivity contribution < 1.29 is 14.3 Å². The molecule has 1 unspecified atom stereocenters. The molecule has 0 aliphatic carbocycles. The van der Waals surface area contributed by atoms with Gasteiger partial charge in [0.05, 0.1) is 23.2 Å². The highest BCUT2D eigenvalue weighted by Crippen LogP contribution is 2.44. The van der Waals surface area contributed by atoms with Gasteiger partial charge in [-0.3, -0.25) is 9.89 Å². The van der Waals surface area contributed by atoms with E-state index in [1.807, 2.05) is 30.3 Å². The van der Waals surface area contributed by atoms with E-state index in [-0.39, 0.29) is 24.2 Å². The molecule has 0 fully saturated rings. The number of hydrogen-bond donors (Lipinski definition) is 2. The van der Waals surface area contributed by atoms with E-state index in [1.165, 1.54) is 0 Å². The molecule has 1 atom stereocenters. The number of aromatic nitrogens is 2. The van der Waals surface area contributed by atoms with Crippen LogP contribution in [-0.2, 0) is 14.3 Å². The second-order valence-electron chi connectivity index (χ2n) is 6.56. The largest absolute Gasteiger partial charge is 0.450 e. The van der Waals surface area contributed by atoms with Gasteiger partial charge in [0.1, 0.15) is 5.60 Å². The number of rotatable bonds is 2. The summed E-state index contributed by atoms with van der Waals surface area (Å²) in [7, 11) is 0. The molecular formula is C18H17N3O3. The Hall–Kier alpha value is -2.89. The van der Waals surface area contributed by atoms with Crippen molar-refractivity contribution in [1.82, 2.24) is 15.5 Å². The van der Waals surface area contributed by atoms with E-state index in [9.17, 15) is 9.59 Å². The molecule has 6 nitrogen and oxygen atoms in total. The van der Waals surface area contributed by atoms with E-state index in [0.29, 0.717) is 11.3 Å². The highest BCUT2D eigenvalue weighted by Gasteiger charge is 2.48. The van der Waals surface area contributed by atoms with E-state index in [1.54, 1.807) is 20.0 Å². The first kappa shape index (κ1) is 14.7. The van der Waals surface area contributed by atoms with Gasteiger partial charge in [-0.1, -0.05) is 30.3 Å². The summed E-state index contributed by atoms with van der Waals surface area (Å²) in [6, 6.07) is 9.74. The highest BCUT2D eigenvalue weighted by atomic mass is 16.6. The number of nitrogens with one attached hydrogen (secondary N) is 2. The third-order valence-electron chi connectivity index (χ3n) is 4.55.